The van der Waals surface area contributed by atoms with Crippen molar-refractivity contribution in [1.82, 2.24) is 4.98 Å². The highest BCUT2D eigenvalue weighted by atomic mass is 16.5. The average Bonchev–Trinajstić information content (AvgIpc) is 3.32. The van der Waals surface area contributed by atoms with Gasteiger partial charge in [0.1, 0.15) is 5.75 Å². The third kappa shape index (κ3) is 5.80. The molecule has 230 valence electrons. The van der Waals surface area contributed by atoms with E-state index in [4.69, 9.17) is 4.74 Å². The lowest BCUT2D eigenvalue weighted by Gasteiger charge is -2.36. The molecule has 1 saturated heterocycles. The molecule has 2 aliphatic rings. The summed E-state index contributed by atoms with van der Waals surface area (Å²) in [4.78, 5) is 33.1. The first-order chi connectivity index (χ1) is 21.9. The predicted molar refractivity (Wildman–Crippen MR) is 173 cm³/mol. The maximum Gasteiger partial charge on any atom is 0.238 e. The average molecular weight is 605 g/mol. The smallest absolute Gasteiger partial charge is 0.238 e. The molecule has 1 aliphatic carbocycles. The summed E-state index contributed by atoms with van der Waals surface area (Å²) in [5.41, 5.74) is 4.37. The molecule has 0 bridgehead atoms. The number of fused-ring (bicyclic) bond motifs is 2. The first-order valence-electron chi connectivity index (χ1n) is 15.2. The summed E-state index contributed by atoms with van der Waals surface area (Å²) in [5, 5.41) is 34.5. The standard InChI is InChI=1S/C37H36N2O6/c1-45-22-25-20-29-35(37(44)39(36(29)43)26-9-3-2-4-10-26)30(21-40)34(25)33(42)17-15-24(31-13-7-8-18-38-31)19-23-14-16-32(41)28-12-6-5-11-27(23)28/h2-14,16,18-19,29-30,33,35,40-42H,15,17,20-22H2,1H3/b24-19-/t29-,30+,33-,35-/m1/s1. The van der Waals surface area contributed by atoms with Crippen LogP contribution in [0.1, 0.15) is 30.5 Å². The van der Waals surface area contributed by atoms with Crippen molar-refractivity contribution in [3.63, 3.8) is 0 Å². The number of rotatable bonds is 10. The molecule has 0 saturated carbocycles. The number of nitrogens with zero attached hydrogens (tertiary/aromatic N) is 2. The number of benzene rings is 3. The Kier molecular flexibility index (Phi) is 8.89. The highest BCUT2D eigenvalue weighted by molar-refractivity contribution is 6.22. The van der Waals surface area contributed by atoms with Crippen molar-refractivity contribution in [2.24, 2.45) is 17.8 Å². The van der Waals surface area contributed by atoms with Gasteiger partial charge in [0.15, 0.2) is 0 Å². The van der Waals surface area contributed by atoms with Gasteiger partial charge in [0.05, 0.1) is 42.5 Å². The Morgan fingerprint density at radius 1 is 0.978 bits per heavy atom. The number of ether oxygens (including phenoxy) is 1. The number of para-hydroxylation sites is 1. The molecule has 3 N–H and O–H groups in total. The number of aliphatic hydroxyl groups excluding tert-OH is 2. The fourth-order valence-corrected chi connectivity index (χ4v) is 6.99. The largest absolute Gasteiger partial charge is 0.507 e. The zero-order valence-corrected chi connectivity index (χ0v) is 25.0. The third-order valence-electron chi connectivity index (χ3n) is 9.02. The van der Waals surface area contributed by atoms with Gasteiger partial charge in [-0.3, -0.25) is 19.5 Å². The summed E-state index contributed by atoms with van der Waals surface area (Å²) < 4.78 is 5.50. The highest BCUT2D eigenvalue weighted by Crippen LogP contribution is 2.47. The van der Waals surface area contributed by atoms with Crippen LogP contribution in [0, 0.1) is 17.8 Å². The topological polar surface area (TPSA) is 120 Å². The predicted octanol–water partition coefficient (Wildman–Crippen LogP) is 5.38. The molecule has 4 aromatic rings. The number of imide groups is 1. The second-order valence-corrected chi connectivity index (χ2v) is 11.6. The van der Waals surface area contributed by atoms with Gasteiger partial charge in [-0.05, 0) is 83.3 Å². The number of anilines is 1. The number of carbonyl (C=O) groups excluding carboxylic acids is 2. The molecular weight excluding hydrogens is 568 g/mol. The molecular formula is C37H36N2O6. The van der Waals surface area contributed by atoms with Crippen LogP contribution in [0.2, 0.25) is 0 Å². The molecule has 0 spiro atoms. The van der Waals surface area contributed by atoms with Gasteiger partial charge in [0, 0.05) is 24.6 Å². The normalized spacial score (nSPS) is 21.0. The van der Waals surface area contributed by atoms with Crippen molar-refractivity contribution in [3.8, 4) is 5.75 Å². The molecule has 8 nitrogen and oxygen atoms in total. The maximum atomic E-state index is 13.8. The first kappa shape index (κ1) is 30.4. The molecule has 1 fully saturated rings. The molecule has 1 aromatic heterocycles. The van der Waals surface area contributed by atoms with Crippen LogP contribution in [0.4, 0.5) is 5.69 Å². The molecule has 3 aromatic carbocycles. The third-order valence-corrected chi connectivity index (χ3v) is 9.02. The number of aromatic nitrogens is 1. The Labute approximate surface area is 261 Å². The molecule has 45 heavy (non-hydrogen) atoms. The summed E-state index contributed by atoms with van der Waals surface area (Å²) in [6.45, 7) is -0.202. The molecule has 1 aliphatic heterocycles. The quantitative estimate of drug-likeness (QED) is 0.164. The Bertz CT molecular complexity index is 1770. The van der Waals surface area contributed by atoms with Gasteiger partial charge >= 0.3 is 0 Å². The van der Waals surface area contributed by atoms with Crippen LogP contribution in [-0.2, 0) is 14.3 Å². The van der Waals surface area contributed by atoms with Crippen molar-refractivity contribution in [3.05, 3.63) is 114 Å². The van der Waals surface area contributed by atoms with E-state index in [0.29, 0.717) is 24.1 Å². The summed E-state index contributed by atoms with van der Waals surface area (Å²) >= 11 is 0. The summed E-state index contributed by atoms with van der Waals surface area (Å²) in [7, 11) is 1.55. The number of phenols is 1. The molecule has 4 atom stereocenters. The van der Waals surface area contributed by atoms with E-state index in [-0.39, 0.29) is 37.2 Å². The van der Waals surface area contributed by atoms with Gasteiger partial charge in [0.25, 0.3) is 0 Å². The molecule has 8 heteroatoms. The number of phenolic OH excluding ortho intramolecular Hbond substituents is 1. The van der Waals surface area contributed by atoms with Crippen molar-refractivity contribution in [1.29, 1.82) is 0 Å². The molecule has 0 unspecified atom stereocenters. The lowest BCUT2D eigenvalue weighted by molar-refractivity contribution is -0.123. The number of allylic oxidation sites excluding steroid dienone is 1. The summed E-state index contributed by atoms with van der Waals surface area (Å²) in [5.74, 6) is -2.59. The number of methoxy groups -OCH3 is 1. The fourth-order valence-electron chi connectivity index (χ4n) is 6.99. The van der Waals surface area contributed by atoms with Gasteiger partial charge in [-0.1, -0.05) is 54.6 Å². The van der Waals surface area contributed by atoms with Gasteiger partial charge in [-0.2, -0.15) is 0 Å². The van der Waals surface area contributed by atoms with Gasteiger partial charge in [-0.25, -0.2) is 0 Å². The van der Waals surface area contributed by atoms with Gasteiger partial charge in [-0.15, -0.1) is 0 Å². The van der Waals surface area contributed by atoms with E-state index >= 15 is 0 Å². The van der Waals surface area contributed by atoms with E-state index in [2.05, 4.69) is 4.98 Å². The van der Waals surface area contributed by atoms with Crippen molar-refractivity contribution >= 4 is 39.9 Å². The van der Waals surface area contributed by atoms with Crippen molar-refractivity contribution in [2.45, 2.75) is 25.4 Å². The van der Waals surface area contributed by atoms with Crippen LogP contribution < -0.4 is 4.90 Å². The Morgan fingerprint density at radius 3 is 2.42 bits per heavy atom. The number of aliphatic hydroxyl groups is 2. The second kappa shape index (κ2) is 13.2. The van der Waals surface area contributed by atoms with Crippen LogP contribution in [0.5, 0.6) is 5.75 Å². The van der Waals surface area contributed by atoms with E-state index in [1.54, 1.807) is 43.6 Å². The summed E-state index contributed by atoms with van der Waals surface area (Å²) in [6.07, 6.45) is 3.76. The minimum Gasteiger partial charge on any atom is -0.507 e. The number of pyridine rings is 1. The molecule has 6 rings (SSSR count). The van der Waals surface area contributed by atoms with Crippen LogP contribution in [0.25, 0.3) is 22.4 Å². The minimum atomic E-state index is -0.995. The Morgan fingerprint density at radius 2 is 1.71 bits per heavy atom. The zero-order chi connectivity index (χ0) is 31.5. The lowest BCUT2D eigenvalue weighted by atomic mass is 9.68. The minimum absolute atomic E-state index is 0.182. The van der Waals surface area contributed by atoms with Crippen molar-refractivity contribution in [2.75, 3.05) is 25.2 Å². The van der Waals surface area contributed by atoms with Crippen LogP contribution in [0.15, 0.2) is 102 Å². The zero-order valence-electron chi connectivity index (χ0n) is 25.0. The van der Waals surface area contributed by atoms with E-state index in [1.807, 2.05) is 60.7 Å². The highest BCUT2D eigenvalue weighted by Gasteiger charge is 2.55. The number of hydrogen-bond donors (Lipinski definition) is 3. The van der Waals surface area contributed by atoms with Crippen molar-refractivity contribution < 1.29 is 29.6 Å². The van der Waals surface area contributed by atoms with E-state index in [9.17, 15) is 24.9 Å². The number of carbonyl (C=O) groups is 2. The van der Waals surface area contributed by atoms with E-state index < -0.39 is 23.9 Å². The molecule has 0 radical (unpaired) electrons. The van der Waals surface area contributed by atoms with Gasteiger partial charge < -0.3 is 20.1 Å². The van der Waals surface area contributed by atoms with Crippen LogP contribution in [0.3, 0.4) is 0 Å². The monoisotopic (exact) mass is 604 g/mol. The maximum absolute atomic E-state index is 13.8. The fraction of sp³-hybridized carbons (Fsp3) is 0.270. The Hall–Kier alpha value is -4.63. The first-order valence-corrected chi connectivity index (χ1v) is 15.2. The van der Waals surface area contributed by atoms with E-state index in [1.165, 1.54) is 4.90 Å². The second-order valence-electron chi connectivity index (χ2n) is 11.6. The molecule has 2 amide bonds. The molecule has 2 heterocycles. The van der Waals surface area contributed by atoms with E-state index in [0.717, 1.165) is 33.2 Å². The Balaban J connectivity index is 1.33. The lowest BCUT2D eigenvalue weighted by Crippen LogP contribution is -2.39. The number of hydrogen-bond acceptors (Lipinski definition) is 7. The van der Waals surface area contributed by atoms with Crippen LogP contribution >= 0.6 is 0 Å². The number of aromatic hydroxyl groups is 1. The van der Waals surface area contributed by atoms with Gasteiger partial charge in [0.2, 0.25) is 11.8 Å². The number of amides is 2. The SMILES string of the molecule is COCC1=C([C@H](O)CC/C(=C/c2ccc(O)c3ccccc23)c2ccccn2)[C@H](CO)[C@@H]2C(=O)N(c3ccccc3)C(=O)[C@@H]2C1. The van der Waals surface area contributed by atoms with Crippen LogP contribution in [-0.4, -0.2) is 58.5 Å². The summed E-state index contributed by atoms with van der Waals surface area (Å²) in [6, 6.07) is 25.7.